The smallest absolute Gasteiger partial charge is 0.390 e. The molecular formula is C8H9N3O2. The summed E-state index contributed by atoms with van der Waals surface area (Å²) in [5.74, 6) is 5.43. The van der Waals surface area contributed by atoms with Crippen LogP contribution >= 0.6 is 0 Å². The third-order valence-electron chi connectivity index (χ3n) is 1.51. The van der Waals surface area contributed by atoms with Crippen LogP contribution in [0, 0.1) is 22.0 Å². The molecule has 1 aromatic heterocycles. The minimum absolute atomic E-state index is 0.127. The molecule has 0 aliphatic rings. The predicted molar refractivity (Wildman–Crippen MR) is 46.9 cm³/mol. The molecule has 0 bridgehead atoms. The molecule has 0 N–H and O–H groups in total. The Hall–Kier alpha value is -1.83. The van der Waals surface area contributed by atoms with E-state index in [1.165, 1.54) is 10.8 Å². The lowest BCUT2D eigenvalue weighted by atomic mass is 10.4. The van der Waals surface area contributed by atoms with E-state index < -0.39 is 4.92 Å². The molecular weight excluding hydrogens is 170 g/mol. The molecule has 13 heavy (non-hydrogen) atoms. The second-order valence-electron chi connectivity index (χ2n) is 2.35. The maximum absolute atomic E-state index is 10.4. The van der Waals surface area contributed by atoms with E-state index in [1.54, 1.807) is 13.1 Å². The Labute approximate surface area is 75.5 Å². The first-order valence-electron chi connectivity index (χ1n) is 3.81. The van der Waals surface area contributed by atoms with Gasteiger partial charge in [-0.25, -0.2) is 4.57 Å². The highest BCUT2D eigenvalue weighted by Crippen LogP contribution is 2.07. The van der Waals surface area contributed by atoms with Crippen molar-refractivity contribution in [1.82, 2.24) is 9.55 Å². The van der Waals surface area contributed by atoms with E-state index in [0.717, 1.165) is 0 Å². The highest BCUT2D eigenvalue weighted by atomic mass is 16.6. The van der Waals surface area contributed by atoms with Crippen LogP contribution in [0.2, 0.25) is 0 Å². The summed E-state index contributed by atoms with van der Waals surface area (Å²) in [4.78, 5) is 13.5. The van der Waals surface area contributed by atoms with Crippen molar-refractivity contribution < 1.29 is 4.92 Å². The van der Waals surface area contributed by atoms with Crippen molar-refractivity contribution >= 4 is 5.95 Å². The van der Waals surface area contributed by atoms with Crippen molar-refractivity contribution in [3.63, 3.8) is 0 Å². The summed E-state index contributed by atoms with van der Waals surface area (Å²) in [6.07, 6.45) is 3.60. The fourth-order valence-electron chi connectivity index (χ4n) is 0.949. The molecule has 0 atom stereocenters. The molecule has 1 heterocycles. The van der Waals surface area contributed by atoms with Crippen LogP contribution in [-0.4, -0.2) is 14.5 Å². The number of hydrogen-bond donors (Lipinski definition) is 0. The zero-order valence-corrected chi connectivity index (χ0v) is 7.23. The van der Waals surface area contributed by atoms with Crippen LogP contribution in [0.15, 0.2) is 12.4 Å². The minimum Gasteiger partial charge on any atom is -0.390 e. The van der Waals surface area contributed by atoms with Gasteiger partial charge in [0, 0.05) is 6.42 Å². The molecule has 1 rings (SSSR count). The molecule has 0 radical (unpaired) electrons. The number of aromatic nitrogens is 2. The summed E-state index contributed by atoms with van der Waals surface area (Å²) in [5, 5.41) is 10.4. The summed E-state index contributed by atoms with van der Waals surface area (Å²) in [6, 6.07) is 0. The van der Waals surface area contributed by atoms with E-state index in [9.17, 15) is 10.1 Å². The largest absolute Gasteiger partial charge is 0.434 e. The van der Waals surface area contributed by atoms with Crippen molar-refractivity contribution in [3.8, 4) is 11.8 Å². The topological polar surface area (TPSA) is 61.0 Å². The normalized spacial score (nSPS) is 9.00. The average Bonchev–Trinajstić information content (AvgIpc) is 2.53. The van der Waals surface area contributed by atoms with Gasteiger partial charge in [0.05, 0.1) is 6.54 Å². The first-order chi connectivity index (χ1) is 6.25. The van der Waals surface area contributed by atoms with Crippen molar-refractivity contribution in [1.29, 1.82) is 0 Å². The first kappa shape index (κ1) is 9.26. The minimum atomic E-state index is -0.501. The van der Waals surface area contributed by atoms with Gasteiger partial charge in [-0.2, -0.15) is 0 Å². The summed E-state index contributed by atoms with van der Waals surface area (Å²) < 4.78 is 1.48. The van der Waals surface area contributed by atoms with Gasteiger partial charge in [0.2, 0.25) is 0 Å². The van der Waals surface area contributed by atoms with Crippen LogP contribution in [0.1, 0.15) is 13.3 Å². The molecule has 0 saturated heterocycles. The lowest BCUT2D eigenvalue weighted by Gasteiger charge is -1.96. The summed E-state index contributed by atoms with van der Waals surface area (Å²) in [7, 11) is 0. The fourth-order valence-corrected chi connectivity index (χ4v) is 0.949. The third-order valence-corrected chi connectivity index (χ3v) is 1.51. The Morgan fingerprint density at radius 1 is 1.77 bits per heavy atom. The average molecular weight is 179 g/mol. The Bertz CT molecular complexity index is 359. The standard InChI is InChI=1S/C8H9N3O2/c1-2-3-4-6-10-7-5-9-8(10)11(12)13/h5,7H,4,6H2,1H3. The monoisotopic (exact) mass is 179 g/mol. The van der Waals surface area contributed by atoms with E-state index in [4.69, 9.17) is 0 Å². The van der Waals surface area contributed by atoms with Crippen molar-refractivity contribution in [2.45, 2.75) is 19.9 Å². The number of hydrogen-bond acceptors (Lipinski definition) is 3. The molecule has 0 aliphatic carbocycles. The number of imidazole rings is 1. The molecule has 68 valence electrons. The number of rotatable bonds is 3. The van der Waals surface area contributed by atoms with E-state index in [-0.39, 0.29) is 5.95 Å². The van der Waals surface area contributed by atoms with Crippen LogP contribution in [-0.2, 0) is 6.54 Å². The Balaban J connectivity index is 2.69. The molecule has 5 nitrogen and oxygen atoms in total. The summed E-state index contributed by atoms with van der Waals surface area (Å²) >= 11 is 0. The highest BCUT2D eigenvalue weighted by Gasteiger charge is 2.12. The van der Waals surface area contributed by atoms with Crippen molar-refractivity contribution in [3.05, 3.63) is 22.5 Å². The zero-order chi connectivity index (χ0) is 9.68. The van der Waals surface area contributed by atoms with Gasteiger partial charge in [-0.05, 0) is 11.8 Å². The second-order valence-corrected chi connectivity index (χ2v) is 2.35. The van der Waals surface area contributed by atoms with Gasteiger partial charge in [0.15, 0.2) is 0 Å². The van der Waals surface area contributed by atoms with Crippen LogP contribution in [0.5, 0.6) is 0 Å². The van der Waals surface area contributed by atoms with Gasteiger partial charge in [-0.1, -0.05) is 4.98 Å². The van der Waals surface area contributed by atoms with Crippen molar-refractivity contribution in [2.24, 2.45) is 0 Å². The van der Waals surface area contributed by atoms with E-state index in [0.29, 0.717) is 13.0 Å². The first-order valence-corrected chi connectivity index (χ1v) is 3.81. The quantitative estimate of drug-likeness (QED) is 0.398. The molecule has 5 heteroatoms. The Morgan fingerprint density at radius 2 is 2.54 bits per heavy atom. The molecule has 0 unspecified atom stereocenters. The van der Waals surface area contributed by atoms with E-state index in [2.05, 4.69) is 16.8 Å². The molecule has 0 saturated carbocycles. The van der Waals surface area contributed by atoms with E-state index >= 15 is 0 Å². The molecule has 0 aliphatic heterocycles. The van der Waals surface area contributed by atoms with Crippen LogP contribution in [0.3, 0.4) is 0 Å². The number of nitro groups is 1. The SMILES string of the molecule is CC#CCCn1ccnc1[N+](=O)[O-]. The molecule has 0 spiro atoms. The zero-order valence-electron chi connectivity index (χ0n) is 7.23. The third kappa shape index (κ3) is 2.30. The Kier molecular flexibility index (Phi) is 3.03. The van der Waals surface area contributed by atoms with Gasteiger partial charge in [-0.3, -0.25) is 0 Å². The Morgan fingerprint density at radius 3 is 3.15 bits per heavy atom. The fraction of sp³-hybridized carbons (Fsp3) is 0.375. The molecule has 0 fully saturated rings. The van der Waals surface area contributed by atoms with Crippen LogP contribution in [0.4, 0.5) is 5.95 Å². The van der Waals surface area contributed by atoms with Gasteiger partial charge < -0.3 is 10.1 Å². The van der Waals surface area contributed by atoms with Crippen molar-refractivity contribution in [2.75, 3.05) is 0 Å². The van der Waals surface area contributed by atoms with Gasteiger partial charge >= 0.3 is 5.95 Å². The molecule has 1 aromatic rings. The van der Waals surface area contributed by atoms with Gasteiger partial charge in [0.1, 0.15) is 12.4 Å². The maximum Gasteiger partial charge on any atom is 0.434 e. The lowest BCUT2D eigenvalue weighted by Crippen LogP contribution is -2.02. The number of aryl methyl sites for hydroxylation is 1. The summed E-state index contributed by atoms with van der Waals surface area (Å²) in [6.45, 7) is 2.25. The molecule has 0 amide bonds. The number of nitrogens with zero attached hydrogens (tertiary/aromatic N) is 3. The summed E-state index contributed by atoms with van der Waals surface area (Å²) in [5.41, 5.74) is 0. The maximum atomic E-state index is 10.4. The molecule has 0 aromatic carbocycles. The van der Waals surface area contributed by atoms with Gasteiger partial charge in [-0.15, -0.1) is 11.8 Å². The second kappa shape index (κ2) is 4.26. The van der Waals surface area contributed by atoms with Crippen LogP contribution < -0.4 is 0 Å². The highest BCUT2D eigenvalue weighted by molar-refractivity contribution is 5.07. The van der Waals surface area contributed by atoms with Gasteiger partial charge in [0.25, 0.3) is 0 Å². The predicted octanol–water partition coefficient (Wildman–Crippen LogP) is 1.20. The van der Waals surface area contributed by atoms with Crippen LogP contribution in [0.25, 0.3) is 0 Å². The van der Waals surface area contributed by atoms with E-state index in [1.807, 2.05) is 0 Å². The lowest BCUT2D eigenvalue weighted by molar-refractivity contribution is -0.396.